The van der Waals surface area contributed by atoms with Crippen molar-refractivity contribution in [3.8, 4) is 0 Å². The van der Waals surface area contributed by atoms with Crippen molar-refractivity contribution in [3.63, 3.8) is 0 Å². The summed E-state index contributed by atoms with van der Waals surface area (Å²) in [4.78, 5) is 34.8. The van der Waals surface area contributed by atoms with Crippen molar-refractivity contribution >= 4 is 19.8 Å². The molecule has 0 aliphatic carbocycles. The lowest BCUT2D eigenvalue weighted by Crippen LogP contribution is -2.29. The smallest absolute Gasteiger partial charge is 0.462 e. The predicted octanol–water partition coefficient (Wildman–Crippen LogP) is 11.7. The van der Waals surface area contributed by atoms with Crippen LogP contribution in [0.1, 0.15) is 168 Å². The number of phosphoric ester groups is 1. The lowest BCUT2D eigenvalue weighted by atomic mass is 10.1. The van der Waals surface area contributed by atoms with Crippen LogP contribution in [-0.2, 0) is 32.7 Å². The lowest BCUT2D eigenvalue weighted by molar-refractivity contribution is -0.161. The van der Waals surface area contributed by atoms with E-state index in [0.29, 0.717) is 12.8 Å². The molecule has 0 fully saturated rings. The molecule has 0 heterocycles. The van der Waals surface area contributed by atoms with Gasteiger partial charge in [0.15, 0.2) is 6.10 Å². The van der Waals surface area contributed by atoms with Gasteiger partial charge in [-0.05, 0) is 83.5 Å². The minimum Gasteiger partial charge on any atom is -0.462 e. The zero-order chi connectivity index (χ0) is 38.9. The second-order valence-electron chi connectivity index (χ2n) is 13.5. The number of nitrogens with two attached hydrogens (primary N) is 1. The molecule has 0 amide bonds. The van der Waals surface area contributed by atoms with Gasteiger partial charge in [-0.1, -0.05) is 132 Å². The number of rotatable bonds is 38. The number of unbranched alkanes of at least 4 members (excludes halogenated alkanes) is 15. The largest absolute Gasteiger partial charge is 0.472 e. The van der Waals surface area contributed by atoms with Gasteiger partial charge in [-0.3, -0.25) is 18.6 Å². The highest BCUT2D eigenvalue weighted by atomic mass is 31.2. The van der Waals surface area contributed by atoms with E-state index in [-0.39, 0.29) is 32.6 Å². The van der Waals surface area contributed by atoms with Gasteiger partial charge in [-0.15, -0.1) is 0 Å². The van der Waals surface area contributed by atoms with Gasteiger partial charge in [0.25, 0.3) is 0 Å². The first kappa shape index (κ1) is 50.7. The van der Waals surface area contributed by atoms with Crippen molar-refractivity contribution in [2.24, 2.45) is 5.73 Å². The molecule has 0 saturated heterocycles. The molecule has 1 unspecified atom stereocenters. The summed E-state index contributed by atoms with van der Waals surface area (Å²) in [5, 5.41) is 0. The highest BCUT2D eigenvalue weighted by molar-refractivity contribution is 7.47. The van der Waals surface area contributed by atoms with E-state index >= 15 is 0 Å². The van der Waals surface area contributed by atoms with Crippen molar-refractivity contribution in [2.75, 3.05) is 26.4 Å². The number of carbonyl (C=O) groups excluding carboxylic acids is 2. The third-order valence-electron chi connectivity index (χ3n) is 8.38. The van der Waals surface area contributed by atoms with Gasteiger partial charge in [-0.2, -0.15) is 0 Å². The molecule has 0 saturated carbocycles. The van der Waals surface area contributed by atoms with Crippen LogP contribution in [0, 0.1) is 0 Å². The Labute approximate surface area is 323 Å². The van der Waals surface area contributed by atoms with Crippen LogP contribution in [0.3, 0.4) is 0 Å². The topological polar surface area (TPSA) is 134 Å². The fourth-order valence-electron chi connectivity index (χ4n) is 5.26. The van der Waals surface area contributed by atoms with E-state index in [2.05, 4.69) is 74.6 Å². The van der Waals surface area contributed by atoms with Crippen molar-refractivity contribution in [3.05, 3.63) is 60.8 Å². The third-order valence-corrected chi connectivity index (χ3v) is 9.36. The van der Waals surface area contributed by atoms with Crippen molar-refractivity contribution in [1.29, 1.82) is 0 Å². The summed E-state index contributed by atoms with van der Waals surface area (Å²) in [5.74, 6) is -0.875. The van der Waals surface area contributed by atoms with Crippen LogP contribution in [0.15, 0.2) is 60.8 Å². The number of carbonyl (C=O) groups is 2. The molecule has 2 atom stereocenters. The average Bonchev–Trinajstić information content (AvgIpc) is 3.14. The van der Waals surface area contributed by atoms with E-state index in [1.165, 1.54) is 51.4 Å². The van der Waals surface area contributed by atoms with E-state index in [1.54, 1.807) is 0 Å². The second kappa shape index (κ2) is 39.4. The fourth-order valence-corrected chi connectivity index (χ4v) is 6.02. The Kier molecular flexibility index (Phi) is 37.7. The van der Waals surface area contributed by atoms with Crippen LogP contribution in [0.4, 0.5) is 0 Å². The highest BCUT2D eigenvalue weighted by Gasteiger charge is 2.25. The molecule has 0 rings (SSSR count). The van der Waals surface area contributed by atoms with E-state index in [0.717, 1.165) is 77.0 Å². The minimum absolute atomic E-state index is 0.0447. The Morgan fingerprint density at radius 1 is 0.566 bits per heavy atom. The van der Waals surface area contributed by atoms with Crippen LogP contribution in [0.5, 0.6) is 0 Å². The maximum atomic E-state index is 12.6. The molecule has 10 heteroatoms. The molecular formula is C43H76NO8P. The normalized spacial score (nSPS) is 14.0. The predicted molar refractivity (Wildman–Crippen MR) is 219 cm³/mol. The monoisotopic (exact) mass is 766 g/mol. The number of hydrogen-bond donors (Lipinski definition) is 2. The molecule has 0 aliphatic rings. The number of phosphoric acid groups is 1. The van der Waals surface area contributed by atoms with E-state index in [1.807, 2.05) is 0 Å². The van der Waals surface area contributed by atoms with E-state index in [4.69, 9.17) is 24.3 Å². The van der Waals surface area contributed by atoms with Crippen molar-refractivity contribution in [1.82, 2.24) is 0 Å². The maximum absolute atomic E-state index is 12.6. The van der Waals surface area contributed by atoms with E-state index in [9.17, 15) is 19.0 Å². The number of esters is 2. The lowest BCUT2D eigenvalue weighted by Gasteiger charge is -2.19. The molecule has 306 valence electrons. The summed E-state index contributed by atoms with van der Waals surface area (Å²) in [6.45, 7) is 3.62. The maximum Gasteiger partial charge on any atom is 0.472 e. The van der Waals surface area contributed by atoms with Gasteiger partial charge in [0.1, 0.15) is 6.61 Å². The standard InChI is InChI=1S/C43H76NO8P/c1-3-5-7-9-11-13-15-17-19-20-22-24-26-28-30-32-34-36-43(46)52-41(40-51-53(47,48)50-38-37-44)39-49-42(45)35-33-31-29-27-25-23-21-18-16-14-12-10-8-6-4-2/h11-14,17-19,21-22,24,41H,3-10,15-16,20,23,25-40,44H2,1-2H3,(H,47,48)/b13-11+,14-12+,19-17+,21-18+,24-22+/t41-/m1/s1. The molecule has 0 bridgehead atoms. The van der Waals surface area contributed by atoms with Crippen LogP contribution in [0.25, 0.3) is 0 Å². The Bertz CT molecular complexity index is 1050. The van der Waals surface area contributed by atoms with Gasteiger partial charge in [0, 0.05) is 19.4 Å². The zero-order valence-electron chi connectivity index (χ0n) is 33.5. The second-order valence-corrected chi connectivity index (χ2v) is 14.9. The number of hydrogen-bond acceptors (Lipinski definition) is 8. The van der Waals surface area contributed by atoms with Gasteiger partial charge in [0.05, 0.1) is 13.2 Å². The summed E-state index contributed by atoms with van der Waals surface area (Å²) in [5.41, 5.74) is 5.34. The average molecular weight is 766 g/mol. The van der Waals surface area contributed by atoms with Crippen molar-refractivity contribution < 1.29 is 37.6 Å². The SMILES string of the molecule is CCCCC/C=C/C/C=C/C/C=C/CCCCCCC(=O)O[C@H](COC(=O)CCCCCCC/C=C/C/C=C/CCCCC)COP(=O)(O)OCCN. The molecule has 0 aromatic carbocycles. The molecular weight excluding hydrogens is 689 g/mol. The Morgan fingerprint density at radius 3 is 1.45 bits per heavy atom. The van der Waals surface area contributed by atoms with Crippen molar-refractivity contribution in [2.45, 2.75) is 174 Å². The zero-order valence-corrected chi connectivity index (χ0v) is 34.4. The van der Waals surface area contributed by atoms with Gasteiger partial charge in [0.2, 0.25) is 0 Å². The minimum atomic E-state index is -4.39. The molecule has 9 nitrogen and oxygen atoms in total. The first-order valence-corrected chi connectivity index (χ1v) is 22.3. The summed E-state index contributed by atoms with van der Waals surface area (Å²) < 4.78 is 32.7. The quantitative estimate of drug-likeness (QED) is 0.0272. The summed E-state index contributed by atoms with van der Waals surface area (Å²) >= 11 is 0. The third kappa shape index (κ3) is 39.2. The molecule has 0 aromatic rings. The Hall–Kier alpha value is -2.29. The Morgan fingerprint density at radius 2 is 0.981 bits per heavy atom. The first-order valence-electron chi connectivity index (χ1n) is 20.8. The van der Waals surface area contributed by atoms with Gasteiger partial charge in [-0.25, -0.2) is 4.57 Å². The van der Waals surface area contributed by atoms with Crippen LogP contribution in [-0.4, -0.2) is 49.3 Å². The van der Waals surface area contributed by atoms with Crippen LogP contribution in [0.2, 0.25) is 0 Å². The van der Waals surface area contributed by atoms with Gasteiger partial charge < -0.3 is 20.1 Å². The summed E-state index contributed by atoms with van der Waals surface area (Å²) in [7, 11) is -4.39. The fraction of sp³-hybridized carbons (Fsp3) is 0.721. The first-order chi connectivity index (χ1) is 25.8. The molecule has 0 aromatic heterocycles. The molecule has 0 spiro atoms. The number of ether oxygens (including phenoxy) is 2. The highest BCUT2D eigenvalue weighted by Crippen LogP contribution is 2.43. The Balaban J connectivity index is 4.27. The molecule has 3 N–H and O–H groups in total. The van der Waals surface area contributed by atoms with E-state index < -0.39 is 32.5 Å². The molecule has 0 aliphatic heterocycles. The summed E-state index contributed by atoms with van der Waals surface area (Å²) in [6, 6.07) is 0. The number of allylic oxidation sites excluding steroid dienone is 10. The summed E-state index contributed by atoms with van der Waals surface area (Å²) in [6.07, 6.45) is 45.3. The van der Waals surface area contributed by atoms with Crippen LogP contribution >= 0.6 is 7.82 Å². The molecule has 0 radical (unpaired) electrons. The van der Waals surface area contributed by atoms with Crippen LogP contribution < -0.4 is 5.73 Å². The molecule has 53 heavy (non-hydrogen) atoms. The van der Waals surface area contributed by atoms with Gasteiger partial charge >= 0.3 is 19.8 Å².